The standard InChI is InChI=1S/C23H45N5O13/c1-27-5-10-14(32)16(34)17(35)23(38-10)40-19-7(25)4-8(28-21(37)9(30)2-3-24)20(18(19)36)41-22-15(33)12(26)13(31)11(6-29)39-22/h7-20,22-23,27,29-36H,2-6,24-26H2,1H3,(H,28,37)/t7-,8+,9-,10+,11-,12+,13-,14+,15-,16-,17+,18-,19+,20-,22-,23+/m0/s1. The van der Waals surface area contributed by atoms with Gasteiger partial charge in [0, 0.05) is 12.6 Å². The third-order valence-electron chi connectivity index (χ3n) is 7.68. The molecule has 2 heterocycles. The molecule has 3 fully saturated rings. The van der Waals surface area contributed by atoms with Crippen LogP contribution in [0.2, 0.25) is 0 Å². The molecule has 0 radical (unpaired) electrons. The average Bonchev–Trinajstić information content (AvgIpc) is 2.94. The van der Waals surface area contributed by atoms with E-state index in [-0.39, 0.29) is 25.9 Å². The van der Waals surface area contributed by atoms with E-state index in [0.717, 1.165) is 0 Å². The lowest BCUT2D eigenvalue weighted by Gasteiger charge is -2.49. The largest absolute Gasteiger partial charge is 0.394 e. The summed E-state index contributed by atoms with van der Waals surface area (Å²) >= 11 is 0. The number of hydrogen-bond acceptors (Lipinski definition) is 17. The molecular formula is C23H45N5O13. The summed E-state index contributed by atoms with van der Waals surface area (Å²) in [6.45, 7) is -0.569. The van der Waals surface area contributed by atoms with Crippen molar-refractivity contribution in [3.8, 4) is 0 Å². The Balaban J connectivity index is 1.85. The molecule has 1 saturated carbocycles. The SMILES string of the molecule is CNC[C@H]1O[C@H](O[C@H]2[C@H](O)[C@@H](O[C@@H]3O[C@@H](CO)[C@H](O)[C@@H](N)[C@@H]3O)[C@H](NC(=O)[C@@H](O)CCN)C[C@@H]2N)[C@H](O)[C@@H](O)[C@@H]1O. The topological polar surface area (TPSA) is 318 Å². The highest BCUT2D eigenvalue weighted by atomic mass is 16.7. The zero-order valence-electron chi connectivity index (χ0n) is 22.6. The number of aliphatic hydroxyl groups excluding tert-OH is 8. The van der Waals surface area contributed by atoms with Crippen molar-refractivity contribution in [1.82, 2.24) is 10.6 Å². The second-order valence-corrected chi connectivity index (χ2v) is 10.7. The predicted octanol–water partition coefficient (Wildman–Crippen LogP) is -8.16. The summed E-state index contributed by atoms with van der Waals surface area (Å²) in [6.07, 6.45) is -19.4. The molecule has 2 saturated heterocycles. The molecule has 1 amide bonds. The molecule has 3 rings (SSSR count). The molecule has 2 aliphatic heterocycles. The molecule has 1 aliphatic carbocycles. The number of carbonyl (C=O) groups is 1. The smallest absolute Gasteiger partial charge is 0.249 e. The Labute approximate surface area is 236 Å². The maximum atomic E-state index is 12.6. The molecule has 18 nitrogen and oxygen atoms in total. The number of nitrogens with one attached hydrogen (secondary N) is 2. The van der Waals surface area contributed by atoms with Crippen LogP contribution in [0.1, 0.15) is 12.8 Å². The quantitative estimate of drug-likeness (QED) is 0.105. The Morgan fingerprint density at radius 1 is 0.902 bits per heavy atom. The van der Waals surface area contributed by atoms with Gasteiger partial charge < -0.3 is 87.6 Å². The maximum absolute atomic E-state index is 12.6. The summed E-state index contributed by atoms with van der Waals surface area (Å²) in [4.78, 5) is 12.6. The minimum absolute atomic E-state index is 0.0148. The number of rotatable bonds is 11. The summed E-state index contributed by atoms with van der Waals surface area (Å²) < 4.78 is 22.8. The summed E-state index contributed by atoms with van der Waals surface area (Å²) in [6, 6.07) is -3.42. The van der Waals surface area contributed by atoms with Gasteiger partial charge in [-0.15, -0.1) is 0 Å². The van der Waals surface area contributed by atoms with E-state index in [9.17, 15) is 45.6 Å². The van der Waals surface area contributed by atoms with E-state index in [2.05, 4.69) is 10.6 Å². The van der Waals surface area contributed by atoms with Gasteiger partial charge in [-0.25, -0.2) is 0 Å². The molecule has 0 aromatic rings. The van der Waals surface area contributed by atoms with Gasteiger partial charge in [-0.2, -0.15) is 0 Å². The first-order valence-corrected chi connectivity index (χ1v) is 13.5. The lowest BCUT2D eigenvalue weighted by Crippen LogP contribution is -2.69. The molecule has 16 atom stereocenters. The zero-order chi connectivity index (χ0) is 30.6. The Hall–Kier alpha value is -1.17. The van der Waals surface area contributed by atoms with Crippen molar-refractivity contribution in [2.45, 2.75) is 111 Å². The predicted molar refractivity (Wildman–Crippen MR) is 136 cm³/mol. The van der Waals surface area contributed by atoms with Crippen LogP contribution in [-0.4, -0.2) is 171 Å². The first kappa shape index (κ1) is 34.3. The van der Waals surface area contributed by atoms with Gasteiger partial charge in [0.2, 0.25) is 5.91 Å². The third-order valence-corrected chi connectivity index (χ3v) is 7.68. The van der Waals surface area contributed by atoms with Crippen LogP contribution >= 0.6 is 0 Å². The third kappa shape index (κ3) is 7.68. The van der Waals surface area contributed by atoms with Crippen molar-refractivity contribution >= 4 is 5.91 Å². The zero-order valence-corrected chi connectivity index (χ0v) is 22.6. The van der Waals surface area contributed by atoms with Gasteiger partial charge in [0.1, 0.15) is 67.1 Å². The van der Waals surface area contributed by atoms with Gasteiger partial charge in [-0.1, -0.05) is 0 Å². The highest BCUT2D eigenvalue weighted by molar-refractivity contribution is 5.80. The lowest BCUT2D eigenvalue weighted by atomic mass is 9.83. The van der Waals surface area contributed by atoms with Crippen molar-refractivity contribution in [2.75, 3.05) is 26.7 Å². The maximum Gasteiger partial charge on any atom is 0.249 e. The first-order chi connectivity index (χ1) is 19.4. The monoisotopic (exact) mass is 599 g/mol. The van der Waals surface area contributed by atoms with E-state index in [0.29, 0.717) is 0 Å². The number of likely N-dealkylation sites (N-methyl/N-ethyl adjacent to an activating group) is 1. The molecular weight excluding hydrogens is 554 g/mol. The van der Waals surface area contributed by atoms with E-state index < -0.39 is 110 Å². The van der Waals surface area contributed by atoms with Crippen LogP contribution in [-0.2, 0) is 23.7 Å². The summed E-state index contributed by atoms with van der Waals surface area (Å²) in [5, 5.41) is 88.2. The van der Waals surface area contributed by atoms with E-state index in [1.165, 1.54) is 0 Å². The fourth-order valence-electron chi connectivity index (χ4n) is 5.24. The van der Waals surface area contributed by atoms with Crippen LogP contribution < -0.4 is 27.8 Å². The molecule has 16 N–H and O–H groups in total. The average molecular weight is 600 g/mol. The minimum atomic E-state index is -1.73. The van der Waals surface area contributed by atoms with Gasteiger partial charge in [-0.3, -0.25) is 4.79 Å². The van der Waals surface area contributed by atoms with Crippen LogP contribution in [0.25, 0.3) is 0 Å². The van der Waals surface area contributed by atoms with E-state index >= 15 is 0 Å². The van der Waals surface area contributed by atoms with Crippen LogP contribution in [0.15, 0.2) is 0 Å². The minimum Gasteiger partial charge on any atom is -0.394 e. The molecule has 240 valence electrons. The normalized spacial score (nSPS) is 46.2. The molecule has 0 bridgehead atoms. The molecule has 0 unspecified atom stereocenters. The van der Waals surface area contributed by atoms with Crippen LogP contribution in [0.5, 0.6) is 0 Å². The first-order valence-electron chi connectivity index (χ1n) is 13.5. The Bertz CT molecular complexity index is 833. The van der Waals surface area contributed by atoms with Crippen LogP contribution in [0.4, 0.5) is 0 Å². The van der Waals surface area contributed by atoms with E-state index in [1.807, 2.05) is 0 Å². The van der Waals surface area contributed by atoms with Crippen molar-refractivity contribution in [3.05, 3.63) is 0 Å². The van der Waals surface area contributed by atoms with Gasteiger partial charge in [-0.05, 0) is 26.4 Å². The molecule has 18 heteroatoms. The van der Waals surface area contributed by atoms with E-state index in [4.69, 9.17) is 36.1 Å². The highest BCUT2D eigenvalue weighted by Crippen LogP contribution is 2.32. The second-order valence-electron chi connectivity index (χ2n) is 10.7. The van der Waals surface area contributed by atoms with Gasteiger partial charge in [0.25, 0.3) is 0 Å². The molecule has 41 heavy (non-hydrogen) atoms. The fraction of sp³-hybridized carbons (Fsp3) is 0.957. The number of aliphatic hydroxyl groups is 8. The number of nitrogens with two attached hydrogens (primary N) is 3. The van der Waals surface area contributed by atoms with Gasteiger partial charge in [0.15, 0.2) is 12.6 Å². The molecule has 0 aromatic heterocycles. The number of ether oxygens (including phenoxy) is 4. The van der Waals surface area contributed by atoms with Crippen LogP contribution in [0.3, 0.4) is 0 Å². The summed E-state index contributed by atoms with van der Waals surface area (Å²) in [5.41, 5.74) is 17.6. The van der Waals surface area contributed by atoms with Gasteiger partial charge in [0.05, 0.1) is 18.7 Å². The van der Waals surface area contributed by atoms with Crippen LogP contribution in [0, 0.1) is 0 Å². The van der Waals surface area contributed by atoms with Crippen molar-refractivity contribution in [2.24, 2.45) is 17.2 Å². The van der Waals surface area contributed by atoms with Crippen molar-refractivity contribution < 1.29 is 64.6 Å². The van der Waals surface area contributed by atoms with Gasteiger partial charge >= 0.3 is 0 Å². The second kappa shape index (κ2) is 15.0. The highest BCUT2D eigenvalue weighted by Gasteiger charge is 2.52. The number of hydrogen-bond donors (Lipinski definition) is 13. The number of amides is 1. The lowest BCUT2D eigenvalue weighted by molar-refractivity contribution is -0.333. The van der Waals surface area contributed by atoms with Crippen molar-refractivity contribution in [3.63, 3.8) is 0 Å². The number of carbonyl (C=O) groups excluding carboxylic acids is 1. The molecule has 0 aromatic carbocycles. The fourth-order valence-corrected chi connectivity index (χ4v) is 5.24. The summed E-state index contributed by atoms with van der Waals surface area (Å²) in [5.74, 6) is -0.837. The molecule has 3 aliphatic rings. The Morgan fingerprint density at radius 2 is 1.51 bits per heavy atom. The molecule has 0 spiro atoms. The van der Waals surface area contributed by atoms with Crippen molar-refractivity contribution in [1.29, 1.82) is 0 Å². The Kier molecular flexibility index (Phi) is 12.6. The Morgan fingerprint density at radius 3 is 2.12 bits per heavy atom. The summed E-state index contributed by atoms with van der Waals surface area (Å²) in [7, 11) is 1.58. The van der Waals surface area contributed by atoms with E-state index in [1.54, 1.807) is 7.05 Å².